The maximum atomic E-state index is 11.9. The molecular weight excluding hydrogens is 264 g/mol. The Balaban J connectivity index is 2.52. The van der Waals surface area contributed by atoms with E-state index >= 15 is 0 Å². The van der Waals surface area contributed by atoms with Crippen LogP contribution < -0.4 is 9.47 Å². The van der Waals surface area contributed by atoms with Crippen LogP contribution in [0.25, 0.3) is 0 Å². The number of ether oxygens (including phenoxy) is 3. The van der Waals surface area contributed by atoms with Gasteiger partial charge in [0.2, 0.25) is 0 Å². The van der Waals surface area contributed by atoms with E-state index in [2.05, 4.69) is 0 Å². The summed E-state index contributed by atoms with van der Waals surface area (Å²) in [4.78, 5) is 34.1. The molecule has 0 amide bonds. The summed E-state index contributed by atoms with van der Waals surface area (Å²) in [7, 11) is 0. The Morgan fingerprint density at radius 2 is 1.85 bits per heavy atom. The van der Waals surface area contributed by atoms with Gasteiger partial charge in [-0.05, 0) is 18.6 Å². The van der Waals surface area contributed by atoms with Gasteiger partial charge in [-0.3, -0.25) is 9.59 Å². The van der Waals surface area contributed by atoms with Crippen LogP contribution >= 0.6 is 0 Å². The molecule has 0 aromatic heterocycles. The smallest absolute Gasteiger partial charge is 0.342 e. The lowest BCUT2D eigenvalue weighted by Gasteiger charge is -2.23. The fourth-order valence-corrected chi connectivity index (χ4v) is 2.09. The number of carbonyl (C=O) groups excluding carboxylic acids is 3. The third kappa shape index (κ3) is 2.96. The predicted octanol–water partition coefficient (Wildman–Crippen LogP) is 1.64. The molecule has 0 N–H and O–H groups in total. The summed E-state index contributed by atoms with van der Waals surface area (Å²) in [6.45, 7) is 4.24. The van der Waals surface area contributed by atoms with Crippen LogP contribution in [-0.2, 0) is 20.7 Å². The van der Waals surface area contributed by atoms with Gasteiger partial charge in [-0.15, -0.1) is 0 Å². The molecule has 0 saturated carbocycles. The molecule has 6 heteroatoms. The first-order chi connectivity index (χ1) is 9.36. The quantitative estimate of drug-likeness (QED) is 0.604. The van der Waals surface area contributed by atoms with Crippen molar-refractivity contribution in [2.24, 2.45) is 0 Å². The van der Waals surface area contributed by atoms with Crippen molar-refractivity contribution in [3.63, 3.8) is 0 Å². The second kappa shape index (κ2) is 5.32. The monoisotopic (exact) mass is 278 g/mol. The summed E-state index contributed by atoms with van der Waals surface area (Å²) in [6, 6.07) is 2.92. The molecule has 0 aliphatic carbocycles. The first-order valence-electron chi connectivity index (χ1n) is 6.11. The zero-order chi connectivity index (χ0) is 14.9. The van der Waals surface area contributed by atoms with Gasteiger partial charge >= 0.3 is 17.9 Å². The molecule has 1 atom stereocenters. The third-order valence-electron chi connectivity index (χ3n) is 2.69. The average molecular weight is 278 g/mol. The van der Waals surface area contributed by atoms with E-state index in [-0.39, 0.29) is 23.2 Å². The van der Waals surface area contributed by atoms with Gasteiger partial charge in [-0.2, -0.15) is 0 Å². The van der Waals surface area contributed by atoms with Crippen molar-refractivity contribution in [1.29, 1.82) is 0 Å². The number of hydrogen-bond acceptors (Lipinski definition) is 6. The fourth-order valence-electron chi connectivity index (χ4n) is 2.09. The SMILES string of the molecule is CC(=O)Oc1cc2c(c(OC(C)=O)c1)C(=O)O[C@H](C)C2. The number of fused-ring (bicyclic) bond motifs is 1. The van der Waals surface area contributed by atoms with Crippen molar-refractivity contribution in [2.75, 3.05) is 0 Å². The van der Waals surface area contributed by atoms with Gasteiger partial charge in [-0.25, -0.2) is 4.79 Å². The molecule has 0 fully saturated rings. The third-order valence-corrected chi connectivity index (χ3v) is 2.69. The van der Waals surface area contributed by atoms with E-state index in [0.717, 1.165) is 0 Å². The van der Waals surface area contributed by atoms with Gasteiger partial charge in [0.1, 0.15) is 23.2 Å². The normalized spacial score (nSPS) is 16.9. The van der Waals surface area contributed by atoms with Crippen LogP contribution in [-0.4, -0.2) is 24.0 Å². The van der Waals surface area contributed by atoms with Crippen LogP contribution in [0.4, 0.5) is 0 Å². The lowest BCUT2D eigenvalue weighted by Crippen LogP contribution is -2.26. The topological polar surface area (TPSA) is 78.9 Å². The number of rotatable bonds is 2. The van der Waals surface area contributed by atoms with E-state index in [0.29, 0.717) is 12.0 Å². The van der Waals surface area contributed by atoms with E-state index in [1.807, 2.05) is 0 Å². The molecule has 106 valence electrons. The number of carbonyl (C=O) groups is 3. The average Bonchev–Trinajstić information content (AvgIpc) is 2.24. The van der Waals surface area contributed by atoms with Gasteiger partial charge in [0, 0.05) is 26.3 Å². The number of benzene rings is 1. The van der Waals surface area contributed by atoms with E-state index in [1.165, 1.54) is 19.9 Å². The van der Waals surface area contributed by atoms with Gasteiger partial charge in [0.25, 0.3) is 0 Å². The maximum Gasteiger partial charge on any atom is 0.342 e. The van der Waals surface area contributed by atoms with Gasteiger partial charge in [0.05, 0.1) is 0 Å². The lowest BCUT2D eigenvalue weighted by atomic mass is 9.98. The maximum absolute atomic E-state index is 11.9. The molecule has 1 aliphatic rings. The van der Waals surface area contributed by atoms with E-state index in [9.17, 15) is 14.4 Å². The van der Waals surface area contributed by atoms with Crippen LogP contribution in [0.3, 0.4) is 0 Å². The van der Waals surface area contributed by atoms with Crippen LogP contribution in [0, 0.1) is 0 Å². The first kappa shape index (κ1) is 14.0. The molecule has 0 spiro atoms. The highest BCUT2D eigenvalue weighted by atomic mass is 16.6. The zero-order valence-electron chi connectivity index (χ0n) is 11.4. The Hall–Kier alpha value is -2.37. The molecule has 2 rings (SSSR count). The van der Waals surface area contributed by atoms with Crippen molar-refractivity contribution in [2.45, 2.75) is 33.3 Å². The second-order valence-corrected chi connectivity index (χ2v) is 4.56. The number of cyclic esters (lactones) is 1. The van der Waals surface area contributed by atoms with E-state index in [4.69, 9.17) is 14.2 Å². The largest absolute Gasteiger partial charge is 0.459 e. The summed E-state index contributed by atoms with van der Waals surface area (Å²) < 4.78 is 15.1. The summed E-state index contributed by atoms with van der Waals surface area (Å²) in [5, 5.41) is 0. The van der Waals surface area contributed by atoms with Crippen LogP contribution in [0.2, 0.25) is 0 Å². The molecule has 1 heterocycles. The Kier molecular flexibility index (Phi) is 3.74. The van der Waals surface area contributed by atoms with Crippen LogP contribution in [0.5, 0.6) is 11.5 Å². The highest BCUT2D eigenvalue weighted by Gasteiger charge is 2.29. The first-order valence-corrected chi connectivity index (χ1v) is 6.11. The van der Waals surface area contributed by atoms with Crippen LogP contribution in [0.15, 0.2) is 12.1 Å². The molecule has 0 saturated heterocycles. The minimum absolute atomic E-state index is 0.0446. The van der Waals surface area contributed by atoms with Gasteiger partial charge in [-0.1, -0.05) is 0 Å². The standard InChI is InChI=1S/C14H14O6/c1-7-4-10-5-11(19-8(2)15)6-12(20-9(3)16)13(10)14(17)18-7/h5-7H,4H2,1-3H3/t7-/m1/s1. The molecule has 1 aromatic rings. The molecule has 20 heavy (non-hydrogen) atoms. The minimum atomic E-state index is -0.571. The zero-order valence-corrected chi connectivity index (χ0v) is 11.4. The summed E-state index contributed by atoms with van der Waals surface area (Å²) in [6.07, 6.45) is 0.178. The van der Waals surface area contributed by atoms with Crippen molar-refractivity contribution in [3.05, 3.63) is 23.3 Å². The molecule has 1 aromatic carbocycles. The van der Waals surface area contributed by atoms with E-state index < -0.39 is 17.9 Å². The predicted molar refractivity (Wildman–Crippen MR) is 67.6 cm³/mol. The van der Waals surface area contributed by atoms with Crippen molar-refractivity contribution in [1.82, 2.24) is 0 Å². The van der Waals surface area contributed by atoms with E-state index in [1.54, 1.807) is 13.0 Å². The minimum Gasteiger partial charge on any atom is -0.459 e. The Morgan fingerprint density at radius 3 is 2.45 bits per heavy atom. The summed E-state index contributed by atoms with van der Waals surface area (Å²) in [5.41, 5.74) is 0.831. The lowest BCUT2D eigenvalue weighted by molar-refractivity contribution is -0.132. The molecule has 1 aliphatic heterocycles. The molecule has 6 nitrogen and oxygen atoms in total. The van der Waals surface area contributed by atoms with Crippen LogP contribution in [0.1, 0.15) is 36.7 Å². The Bertz CT molecular complexity index is 590. The molecule has 0 unspecified atom stereocenters. The van der Waals surface area contributed by atoms with Crippen molar-refractivity contribution >= 4 is 17.9 Å². The van der Waals surface area contributed by atoms with Crippen molar-refractivity contribution < 1.29 is 28.6 Å². The van der Waals surface area contributed by atoms with Crippen molar-refractivity contribution in [3.8, 4) is 11.5 Å². The molecular formula is C14H14O6. The van der Waals surface area contributed by atoms with Gasteiger partial charge < -0.3 is 14.2 Å². The summed E-state index contributed by atoms with van der Waals surface area (Å²) in [5.74, 6) is -1.34. The molecule has 0 bridgehead atoms. The second-order valence-electron chi connectivity index (χ2n) is 4.56. The number of hydrogen-bond donors (Lipinski definition) is 0. The Morgan fingerprint density at radius 1 is 1.20 bits per heavy atom. The Labute approximate surface area is 115 Å². The highest BCUT2D eigenvalue weighted by Crippen LogP contribution is 2.34. The number of esters is 3. The molecule has 0 radical (unpaired) electrons. The fraction of sp³-hybridized carbons (Fsp3) is 0.357. The highest BCUT2D eigenvalue weighted by molar-refractivity contribution is 5.96. The van der Waals surface area contributed by atoms with Gasteiger partial charge in [0.15, 0.2) is 0 Å². The summed E-state index contributed by atoms with van der Waals surface area (Å²) >= 11 is 0.